The van der Waals surface area contributed by atoms with Crippen LogP contribution in [0, 0.1) is 6.92 Å². The quantitative estimate of drug-likeness (QED) is 0.702. The molecule has 0 unspecified atom stereocenters. The molecule has 13 heavy (non-hydrogen) atoms. The molecule has 0 aromatic carbocycles. The third kappa shape index (κ3) is 1.69. The number of hydrogen-bond acceptors (Lipinski definition) is 4. The topological polar surface area (TPSA) is 85.4 Å². The average Bonchev–Trinajstić information content (AvgIpc) is 2.07. The van der Waals surface area contributed by atoms with E-state index in [0.29, 0.717) is 5.69 Å². The van der Waals surface area contributed by atoms with Gasteiger partial charge in [0.1, 0.15) is 0 Å². The lowest BCUT2D eigenvalue weighted by atomic mass is 10.2. The summed E-state index contributed by atoms with van der Waals surface area (Å²) in [4.78, 5) is 14.5. The number of aromatic carboxylic acids is 1. The Morgan fingerprint density at radius 2 is 2.31 bits per heavy atom. The first-order valence-corrected chi connectivity index (χ1v) is 3.60. The van der Waals surface area contributed by atoms with Gasteiger partial charge in [0.05, 0.1) is 24.1 Å². The highest BCUT2D eigenvalue weighted by Gasteiger charge is 2.12. The molecule has 0 atom stereocenters. The Morgan fingerprint density at radius 3 is 2.77 bits per heavy atom. The van der Waals surface area contributed by atoms with Crippen molar-refractivity contribution in [1.82, 2.24) is 4.98 Å². The molecule has 0 saturated carbocycles. The van der Waals surface area contributed by atoms with Crippen molar-refractivity contribution in [2.24, 2.45) is 0 Å². The number of carboxylic acid groups (broad SMARTS) is 1. The van der Waals surface area contributed by atoms with Crippen molar-refractivity contribution in [2.45, 2.75) is 6.92 Å². The number of ether oxygens (including phenoxy) is 1. The van der Waals surface area contributed by atoms with Crippen LogP contribution < -0.4 is 10.5 Å². The summed E-state index contributed by atoms with van der Waals surface area (Å²) in [6.45, 7) is 1.59. The highest BCUT2D eigenvalue weighted by molar-refractivity contribution is 5.90. The fourth-order valence-corrected chi connectivity index (χ4v) is 0.979. The van der Waals surface area contributed by atoms with Gasteiger partial charge in [-0.1, -0.05) is 0 Å². The van der Waals surface area contributed by atoms with Gasteiger partial charge in [-0.25, -0.2) is 9.78 Å². The third-order valence-electron chi connectivity index (χ3n) is 1.63. The molecule has 3 N–H and O–H groups in total. The van der Waals surface area contributed by atoms with Gasteiger partial charge in [-0.15, -0.1) is 0 Å². The van der Waals surface area contributed by atoms with Crippen molar-refractivity contribution in [1.29, 1.82) is 0 Å². The van der Waals surface area contributed by atoms with Crippen LogP contribution >= 0.6 is 0 Å². The number of nitrogen functional groups attached to an aromatic ring is 1. The number of aryl methyl sites for hydroxylation is 1. The minimum Gasteiger partial charge on any atom is -0.480 e. The molecule has 5 heteroatoms. The molecule has 0 aliphatic carbocycles. The second-order valence-electron chi connectivity index (χ2n) is 2.52. The Balaban J connectivity index is 3.28. The Bertz CT molecular complexity index is 349. The molecule has 0 saturated heterocycles. The largest absolute Gasteiger partial charge is 0.480 e. The minimum absolute atomic E-state index is 0.0956. The molecule has 5 nitrogen and oxygen atoms in total. The van der Waals surface area contributed by atoms with Crippen LogP contribution in [-0.4, -0.2) is 23.2 Å². The Hall–Kier alpha value is -1.78. The summed E-state index contributed by atoms with van der Waals surface area (Å²) in [6.07, 6.45) is 0. The maximum atomic E-state index is 10.6. The molecule has 0 aliphatic rings. The Morgan fingerprint density at radius 1 is 1.69 bits per heavy atom. The number of pyridine rings is 1. The van der Waals surface area contributed by atoms with E-state index in [1.807, 2.05) is 0 Å². The van der Waals surface area contributed by atoms with Gasteiger partial charge in [0.25, 0.3) is 0 Å². The van der Waals surface area contributed by atoms with Gasteiger partial charge in [0.2, 0.25) is 5.88 Å². The number of hydrogen-bond donors (Lipinski definition) is 2. The van der Waals surface area contributed by atoms with Crippen LogP contribution in [-0.2, 0) is 0 Å². The van der Waals surface area contributed by atoms with E-state index >= 15 is 0 Å². The number of aromatic nitrogens is 1. The minimum atomic E-state index is -1.04. The average molecular weight is 182 g/mol. The van der Waals surface area contributed by atoms with Crippen molar-refractivity contribution < 1.29 is 14.6 Å². The number of carbonyl (C=O) groups is 1. The van der Waals surface area contributed by atoms with Gasteiger partial charge < -0.3 is 15.6 Å². The molecule has 0 radical (unpaired) electrons. The first-order valence-electron chi connectivity index (χ1n) is 3.60. The van der Waals surface area contributed by atoms with E-state index in [9.17, 15) is 4.79 Å². The molecule has 1 heterocycles. The molecule has 0 amide bonds. The van der Waals surface area contributed by atoms with Gasteiger partial charge in [-0.2, -0.15) is 0 Å². The fourth-order valence-electron chi connectivity index (χ4n) is 0.979. The maximum Gasteiger partial charge on any atom is 0.337 e. The Kier molecular flexibility index (Phi) is 2.36. The number of methoxy groups -OCH3 is 1. The summed E-state index contributed by atoms with van der Waals surface area (Å²) >= 11 is 0. The van der Waals surface area contributed by atoms with E-state index in [0.717, 1.165) is 0 Å². The van der Waals surface area contributed by atoms with Crippen molar-refractivity contribution in [3.8, 4) is 5.88 Å². The van der Waals surface area contributed by atoms with Gasteiger partial charge in [-0.05, 0) is 13.0 Å². The van der Waals surface area contributed by atoms with Crippen LogP contribution in [0.4, 0.5) is 5.69 Å². The zero-order valence-electron chi connectivity index (χ0n) is 7.37. The van der Waals surface area contributed by atoms with Crippen LogP contribution in [0.2, 0.25) is 0 Å². The molecule has 1 rings (SSSR count). The van der Waals surface area contributed by atoms with E-state index < -0.39 is 5.97 Å². The van der Waals surface area contributed by atoms with Crippen molar-refractivity contribution >= 4 is 11.7 Å². The molecule has 1 aromatic rings. The molecule has 0 aliphatic heterocycles. The van der Waals surface area contributed by atoms with Crippen LogP contribution in [0.25, 0.3) is 0 Å². The molecule has 0 fully saturated rings. The van der Waals surface area contributed by atoms with Crippen LogP contribution in [0.3, 0.4) is 0 Å². The van der Waals surface area contributed by atoms with Gasteiger partial charge in [-0.3, -0.25) is 0 Å². The van der Waals surface area contributed by atoms with Gasteiger partial charge in [0, 0.05) is 0 Å². The van der Waals surface area contributed by atoms with E-state index in [2.05, 4.69) is 4.98 Å². The predicted octanol–water partition coefficient (Wildman–Crippen LogP) is 0.679. The van der Waals surface area contributed by atoms with Gasteiger partial charge >= 0.3 is 5.97 Å². The lowest BCUT2D eigenvalue weighted by Gasteiger charge is -2.06. The lowest BCUT2D eigenvalue weighted by molar-refractivity contribution is 0.0695. The second-order valence-corrected chi connectivity index (χ2v) is 2.52. The highest BCUT2D eigenvalue weighted by Crippen LogP contribution is 2.21. The number of rotatable bonds is 2. The second kappa shape index (κ2) is 3.30. The molecule has 0 spiro atoms. The zero-order chi connectivity index (χ0) is 10.0. The van der Waals surface area contributed by atoms with Crippen LogP contribution in [0.5, 0.6) is 5.88 Å². The molecular formula is C8H10N2O3. The smallest absolute Gasteiger partial charge is 0.337 e. The zero-order valence-corrected chi connectivity index (χ0v) is 7.37. The Labute approximate surface area is 75.2 Å². The standard InChI is InChI=1S/C8H10N2O3/c1-4-5(8(11)12)3-6(9)7(10-4)13-2/h3H,9H2,1-2H3,(H,11,12). The first kappa shape index (κ1) is 9.31. The molecule has 0 bridgehead atoms. The SMILES string of the molecule is COc1nc(C)c(C(=O)O)cc1N. The first-order chi connectivity index (χ1) is 6.06. The summed E-state index contributed by atoms with van der Waals surface area (Å²) < 4.78 is 4.83. The van der Waals surface area contributed by atoms with E-state index in [-0.39, 0.29) is 17.1 Å². The normalized spacial score (nSPS) is 9.69. The number of nitrogens with two attached hydrogens (primary N) is 1. The third-order valence-corrected chi connectivity index (χ3v) is 1.63. The van der Waals surface area contributed by atoms with Crippen LogP contribution in [0.1, 0.15) is 16.1 Å². The van der Waals surface area contributed by atoms with Crippen molar-refractivity contribution in [3.63, 3.8) is 0 Å². The summed E-state index contributed by atoms with van der Waals surface area (Å²) in [5, 5.41) is 8.72. The number of carboxylic acids is 1. The van der Waals surface area contributed by atoms with E-state index in [1.165, 1.54) is 13.2 Å². The van der Waals surface area contributed by atoms with Gasteiger partial charge in [0.15, 0.2) is 0 Å². The monoisotopic (exact) mass is 182 g/mol. The summed E-state index contributed by atoms with van der Waals surface area (Å²) in [5.41, 5.74) is 6.20. The fraction of sp³-hybridized carbons (Fsp3) is 0.250. The lowest BCUT2D eigenvalue weighted by Crippen LogP contribution is -2.05. The predicted molar refractivity (Wildman–Crippen MR) is 46.9 cm³/mol. The molecule has 70 valence electrons. The van der Waals surface area contributed by atoms with E-state index in [1.54, 1.807) is 6.92 Å². The number of nitrogens with zero attached hydrogens (tertiary/aromatic N) is 1. The summed E-state index contributed by atoms with van der Waals surface area (Å²) in [7, 11) is 1.43. The molecule has 1 aromatic heterocycles. The summed E-state index contributed by atoms with van der Waals surface area (Å²) in [5.74, 6) is -0.790. The molecular weight excluding hydrogens is 172 g/mol. The van der Waals surface area contributed by atoms with Crippen molar-refractivity contribution in [3.05, 3.63) is 17.3 Å². The van der Waals surface area contributed by atoms with E-state index in [4.69, 9.17) is 15.6 Å². The van der Waals surface area contributed by atoms with Crippen LogP contribution in [0.15, 0.2) is 6.07 Å². The van der Waals surface area contributed by atoms with Crippen molar-refractivity contribution in [2.75, 3.05) is 12.8 Å². The highest BCUT2D eigenvalue weighted by atomic mass is 16.5. The number of anilines is 1. The maximum absolute atomic E-state index is 10.6. The summed E-state index contributed by atoms with van der Waals surface area (Å²) in [6, 6.07) is 1.34.